The number of carbonyl (C=O) groups excluding carboxylic acids is 1. The van der Waals surface area contributed by atoms with Crippen LogP contribution in [0.25, 0.3) is 0 Å². The van der Waals surface area contributed by atoms with E-state index in [0.29, 0.717) is 0 Å². The maximum absolute atomic E-state index is 13.4. The van der Waals surface area contributed by atoms with Crippen molar-refractivity contribution in [2.24, 2.45) is 0 Å². The summed E-state index contributed by atoms with van der Waals surface area (Å²) in [6, 6.07) is -0.516. The van der Waals surface area contributed by atoms with Crippen LogP contribution in [-0.2, 0) is 23.1 Å². The quantitative estimate of drug-likeness (QED) is 0.400. The predicted octanol–water partition coefficient (Wildman–Crippen LogP) is 2.29. The maximum atomic E-state index is 13.4. The SMILES string of the molecule is CCOP(=O)(OCC)C(F)C(=O)OCCl. The molecule has 0 spiro atoms. The van der Waals surface area contributed by atoms with Gasteiger partial charge >= 0.3 is 13.6 Å². The lowest BCUT2D eigenvalue weighted by molar-refractivity contribution is -0.145. The van der Waals surface area contributed by atoms with E-state index in [-0.39, 0.29) is 13.2 Å². The second kappa shape index (κ2) is 7.17. The molecule has 0 bridgehead atoms. The van der Waals surface area contributed by atoms with Gasteiger partial charge in [-0.15, -0.1) is 0 Å². The van der Waals surface area contributed by atoms with E-state index in [0.717, 1.165) is 0 Å². The standard InChI is InChI=1S/C7H13ClFO5P/c1-3-13-15(11,14-4-2)6(9)7(10)12-5-8/h6H,3-5H2,1-2H3. The molecule has 0 rings (SSSR count). The molecule has 0 radical (unpaired) electrons. The van der Waals surface area contributed by atoms with Gasteiger partial charge in [0.15, 0.2) is 6.07 Å². The highest BCUT2D eigenvalue weighted by Crippen LogP contribution is 2.53. The monoisotopic (exact) mass is 262 g/mol. The van der Waals surface area contributed by atoms with E-state index in [1.165, 1.54) is 13.8 Å². The van der Waals surface area contributed by atoms with Gasteiger partial charge in [-0.2, -0.15) is 0 Å². The summed E-state index contributed by atoms with van der Waals surface area (Å²) in [5.74, 6) is -3.81. The largest absolute Gasteiger partial charge is 0.447 e. The Morgan fingerprint density at radius 3 is 2.20 bits per heavy atom. The molecular weight excluding hydrogens is 249 g/mol. The van der Waals surface area contributed by atoms with E-state index in [1.54, 1.807) is 0 Å². The second-order valence-corrected chi connectivity index (χ2v) is 4.55. The molecular formula is C7H13ClFO5P. The molecule has 0 N–H and O–H groups in total. The average Bonchev–Trinajstić information content (AvgIpc) is 2.17. The van der Waals surface area contributed by atoms with Crippen molar-refractivity contribution < 1.29 is 27.5 Å². The molecule has 0 aliphatic rings. The Hall–Kier alpha value is -0.160. The molecule has 5 nitrogen and oxygen atoms in total. The van der Waals surface area contributed by atoms with Crippen molar-refractivity contribution in [2.75, 3.05) is 19.3 Å². The zero-order valence-electron chi connectivity index (χ0n) is 8.44. The van der Waals surface area contributed by atoms with Crippen LogP contribution < -0.4 is 0 Å². The summed E-state index contributed by atoms with van der Waals surface area (Å²) in [4.78, 5) is 10.9. The molecule has 1 unspecified atom stereocenters. The Labute approximate surface area is 92.4 Å². The molecule has 0 aliphatic carbocycles. The molecule has 0 aromatic heterocycles. The number of alkyl halides is 2. The van der Waals surface area contributed by atoms with E-state index in [4.69, 9.17) is 11.6 Å². The van der Waals surface area contributed by atoms with Gasteiger partial charge in [-0.25, -0.2) is 9.18 Å². The van der Waals surface area contributed by atoms with Crippen LogP contribution in [0.5, 0.6) is 0 Å². The number of ether oxygens (including phenoxy) is 1. The first-order chi connectivity index (χ1) is 7.01. The van der Waals surface area contributed by atoms with E-state index in [2.05, 4.69) is 13.8 Å². The first kappa shape index (κ1) is 14.8. The summed E-state index contributed by atoms with van der Waals surface area (Å²) in [5, 5.41) is 0. The fourth-order valence-corrected chi connectivity index (χ4v) is 2.28. The molecule has 15 heavy (non-hydrogen) atoms. The lowest BCUT2D eigenvalue weighted by atomic mass is 10.8. The van der Waals surface area contributed by atoms with Crippen LogP contribution in [0.3, 0.4) is 0 Å². The third kappa shape index (κ3) is 4.47. The van der Waals surface area contributed by atoms with Gasteiger partial charge in [0.1, 0.15) is 0 Å². The molecule has 1 atom stereocenters. The van der Waals surface area contributed by atoms with Gasteiger partial charge in [0.2, 0.25) is 0 Å². The Balaban J connectivity index is 4.60. The van der Waals surface area contributed by atoms with Gasteiger partial charge in [0.05, 0.1) is 13.2 Å². The van der Waals surface area contributed by atoms with Crippen LogP contribution in [0.1, 0.15) is 13.8 Å². The van der Waals surface area contributed by atoms with Gasteiger partial charge in [-0.05, 0) is 13.8 Å². The van der Waals surface area contributed by atoms with Crippen molar-refractivity contribution in [1.29, 1.82) is 0 Å². The molecule has 90 valence electrons. The highest BCUT2D eigenvalue weighted by atomic mass is 35.5. The highest BCUT2D eigenvalue weighted by Gasteiger charge is 2.42. The first-order valence-electron chi connectivity index (χ1n) is 4.27. The Morgan fingerprint density at radius 1 is 1.40 bits per heavy atom. The van der Waals surface area contributed by atoms with E-state index >= 15 is 0 Å². The minimum Gasteiger partial charge on any atom is -0.447 e. The van der Waals surface area contributed by atoms with Crippen molar-refractivity contribution in [3.63, 3.8) is 0 Å². The van der Waals surface area contributed by atoms with Gasteiger partial charge in [-0.3, -0.25) is 4.57 Å². The summed E-state index contributed by atoms with van der Waals surface area (Å²) >= 11 is 5.06. The molecule has 0 amide bonds. The van der Waals surface area contributed by atoms with Gasteiger partial charge in [0.25, 0.3) is 5.91 Å². The van der Waals surface area contributed by atoms with Crippen LogP contribution in [0.15, 0.2) is 0 Å². The predicted molar refractivity (Wildman–Crippen MR) is 52.6 cm³/mol. The van der Waals surface area contributed by atoms with Gasteiger partial charge in [0, 0.05) is 0 Å². The molecule has 0 heterocycles. The number of esters is 1. The Bertz CT molecular complexity index is 240. The minimum atomic E-state index is -4.10. The summed E-state index contributed by atoms with van der Waals surface area (Å²) in [6.45, 7) is 2.94. The topological polar surface area (TPSA) is 61.8 Å². The van der Waals surface area contributed by atoms with Gasteiger partial charge < -0.3 is 13.8 Å². The number of hydrogen-bond donors (Lipinski definition) is 0. The Morgan fingerprint density at radius 2 is 1.87 bits per heavy atom. The summed E-state index contributed by atoms with van der Waals surface area (Å²) in [5.41, 5.74) is 0. The van der Waals surface area contributed by atoms with Crippen molar-refractivity contribution in [2.45, 2.75) is 19.8 Å². The second-order valence-electron chi connectivity index (χ2n) is 2.28. The van der Waals surface area contributed by atoms with Crippen molar-refractivity contribution >= 4 is 25.2 Å². The average molecular weight is 263 g/mol. The van der Waals surface area contributed by atoms with E-state index < -0.39 is 25.5 Å². The van der Waals surface area contributed by atoms with Crippen LogP contribution >= 0.6 is 19.2 Å². The van der Waals surface area contributed by atoms with Crippen LogP contribution in [-0.4, -0.2) is 31.2 Å². The number of carbonyl (C=O) groups is 1. The molecule has 0 saturated carbocycles. The molecule has 0 aromatic carbocycles. The van der Waals surface area contributed by atoms with E-state index in [9.17, 15) is 13.8 Å². The fraction of sp³-hybridized carbons (Fsp3) is 0.857. The first-order valence-corrected chi connectivity index (χ1v) is 6.41. The van der Waals surface area contributed by atoms with Crippen LogP contribution in [0.2, 0.25) is 0 Å². The normalized spacial score (nSPS) is 13.6. The number of hydrogen-bond acceptors (Lipinski definition) is 5. The van der Waals surface area contributed by atoms with Crippen molar-refractivity contribution in [3.05, 3.63) is 0 Å². The highest BCUT2D eigenvalue weighted by molar-refractivity contribution is 7.55. The molecule has 0 saturated heterocycles. The molecule has 0 aliphatic heterocycles. The fourth-order valence-electron chi connectivity index (χ4n) is 0.780. The zero-order valence-corrected chi connectivity index (χ0v) is 10.1. The van der Waals surface area contributed by atoms with Gasteiger partial charge in [-0.1, -0.05) is 11.6 Å². The third-order valence-electron chi connectivity index (χ3n) is 1.29. The van der Waals surface area contributed by atoms with Crippen molar-refractivity contribution in [3.8, 4) is 0 Å². The van der Waals surface area contributed by atoms with Crippen LogP contribution in [0, 0.1) is 0 Å². The number of rotatable bonds is 7. The summed E-state index contributed by atoms with van der Waals surface area (Å²) in [6.07, 6.45) is 0. The van der Waals surface area contributed by atoms with Crippen molar-refractivity contribution in [1.82, 2.24) is 0 Å². The van der Waals surface area contributed by atoms with Crippen LogP contribution in [0.4, 0.5) is 4.39 Å². The zero-order chi connectivity index (χ0) is 11.9. The minimum absolute atomic E-state index is 0.0359. The summed E-state index contributed by atoms with van der Waals surface area (Å²) < 4.78 is 38.4. The molecule has 0 aromatic rings. The number of halogens is 2. The van der Waals surface area contributed by atoms with E-state index in [1.807, 2.05) is 0 Å². The third-order valence-corrected chi connectivity index (χ3v) is 3.40. The lowest BCUT2D eigenvalue weighted by Crippen LogP contribution is -2.21. The lowest BCUT2D eigenvalue weighted by Gasteiger charge is -2.18. The maximum Gasteiger partial charge on any atom is 0.376 e. The smallest absolute Gasteiger partial charge is 0.376 e. The summed E-state index contributed by atoms with van der Waals surface area (Å²) in [7, 11) is -4.10. The molecule has 8 heteroatoms. The molecule has 0 fully saturated rings. The Kier molecular flexibility index (Phi) is 7.09.